The number of fused-ring (bicyclic) bond motifs is 1. The molecule has 0 unspecified atom stereocenters. The van der Waals surface area contributed by atoms with Crippen LogP contribution in [0.1, 0.15) is 10.4 Å². The molecule has 0 bridgehead atoms. The zero-order valence-electron chi connectivity index (χ0n) is 12.4. The van der Waals surface area contributed by atoms with Crippen LogP contribution in [-0.4, -0.2) is 22.5 Å². The van der Waals surface area contributed by atoms with Gasteiger partial charge in [-0.05, 0) is 30.5 Å². The predicted molar refractivity (Wildman–Crippen MR) is 107 cm³/mol. The number of hydrogen-bond acceptors (Lipinski definition) is 4. The molecule has 0 aliphatic heterocycles. The number of halogens is 3. The van der Waals surface area contributed by atoms with Gasteiger partial charge in [-0.2, -0.15) is 16.8 Å². The van der Waals surface area contributed by atoms with Gasteiger partial charge in [0.2, 0.25) is 0 Å². The Morgan fingerprint density at radius 3 is 2.71 bits per heavy atom. The third kappa shape index (κ3) is 3.84. The first-order valence-electron chi connectivity index (χ1n) is 6.81. The minimum Gasteiger partial charge on any atom is -0.316 e. The molecule has 0 saturated heterocycles. The minimum absolute atomic E-state index is 0.332. The van der Waals surface area contributed by atoms with E-state index in [2.05, 4.69) is 4.99 Å². The number of thioether (sulfide) groups is 1. The largest absolute Gasteiger partial charge is 0.316 e. The van der Waals surface area contributed by atoms with Gasteiger partial charge in [0.1, 0.15) is 4.34 Å². The lowest BCUT2D eigenvalue weighted by atomic mass is 10.3. The zero-order valence-corrected chi connectivity index (χ0v) is 17.1. The highest BCUT2D eigenvalue weighted by molar-refractivity contribution is 7.98. The first kappa shape index (κ1) is 18.3. The highest BCUT2D eigenvalue weighted by atomic mass is 35.5. The van der Waals surface area contributed by atoms with Crippen molar-refractivity contribution in [2.24, 2.45) is 4.99 Å². The number of aryl methyl sites for hydroxylation is 1. The number of hydrogen-bond donors (Lipinski definition) is 0. The van der Waals surface area contributed by atoms with Gasteiger partial charge < -0.3 is 4.57 Å². The number of benzene rings is 1. The quantitative estimate of drug-likeness (QED) is 0.514. The standard InChI is InChI=1S/C15H11Cl3N2OS3/c1-22-5-4-20-10-3-2-8(16)6-11(10)23-15(20)19-14(21)9-7-12(17)24-13(9)18/h2-3,6-7H,4-5H2,1H3. The lowest BCUT2D eigenvalue weighted by Crippen LogP contribution is -2.18. The maximum atomic E-state index is 12.5. The smallest absolute Gasteiger partial charge is 0.282 e. The molecule has 3 rings (SSSR count). The fourth-order valence-corrected chi connectivity index (χ4v) is 5.31. The summed E-state index contributed by atoms with van der Waals surface area (Å²) in [4.78, 5) is 17.4. The highest BCUT2D eigenvalue weighted by Gasteiger charge is 2.15. The molecule has 2 aromatic heterocycles. The van der Waals surface area contributed by atoms with Crippen LogP contribution >= 0.6 is 69.2 Å². The Labute approximate surface area is 165 Å². The van der Waals surface area contributed by atoms with Crippen LogP contribution in [-0.2, 0) is 6.54 Å². The number of amides is 1. The minimum atomic E-state index is -0.390. The number of rotatable bonds is 4. The number of carbonyl (C=O) groups is 1. The normalized spacial score (nSPS) is 12.2. The van der Waals surface area contributed by atoms with E-state index in [0.29, 0.717) is 24.1 Å². The van der Waals surface area contributed by atoms with Crippen molar-refractivity contribution in [3.63, 3.8) is 0 Å². The van der Waals surface area contributed by atoms with Gasteiger partial charge in [0.25, 0.3) is 5.91 Å². The van der Waals surface area contributed by atoms with Gasteiger partial charge in [0.05, 0.1) is 20.1 Å². The maximum absolute atomic E-state index is 12.5. The van der Waals surface area contributed by atoms with Crippen molar-refractivity contribution in [1.82, 2.24) is 4.57 Å². The molecule has 2 heterocycles. The molecule has 126 valence electrons. The van der Waals surface area contributed by atoms with Crippen LogP contribution in [0, 0.1) is 0 Å². The molecule has 0 radical (unpaired) electrons. The molecular weight excluding hydrogens is 427 g/mol. The molecule has 1 amide bonds. The summed E-state index contributed by atoms with van der Waals surface area (Å²) in [5.41, 5.74) is 1.35. The highest BCUT2D eigenvalue weighted by Crippen LogP contribution is 2.31. The average molecular weight is 438 g/mol. The Morgan fingerprint density at radius 1 is 1.25 bits per heavy atom. The van der Waals surface area contributed by atoms with Crippen molar-refractivity contribution in [3.8, 4) is 0 Å². The molecule has 0 N–H and O–H groups in total. The Morgan fingerprint density at radius 2 is 2.04 bits per heavy atom. The summed E-state index contributed by atoms with van der Waals surface area (Å²) in [7, 11) is 0. The van der Waals surface area contributed by atoms with Gasteiger partial charge in [0.15, 0.2) is 4.80 Å². The molecule has 1 aromatic carbocycles. The second-order valence-electron chi connectivity index (χ2n) is 4.80. The van der Waals surface area contributed by atoms with Crippen LogP contribution in [0.25, 0.3) is 10.2 Å². The van der Waals surface area contributed by atoms with Crippen LogP contribution in [0.15, 0.2) is 29.3 Å². The Kier molecular flexibility index (Phi) is 5.95. The molecule has 0 atom stereocenters. The predicted octanol–water partition coefficient (Wildman–Crippen LogP) is 5.83. The Bertz CT molecular complexity index is 974. The fraction of sp³-hybridized carbons (Fsp3) is 0.200. The summed E-state index contributed by atoms with van der Waals surface area (Å²) in [6.07, 6.45) is 2.04. The van der Waals surface area contributed by atoms with E-state index in [-0.39, 0.29) is 0 Å². The fourth-order valence-electron chi connectivity index (χ4n) is 2.16. The number of nitrogens with zero attached hydrogens (tertiary/aromatic N) is 2. The van der Waals surface area contributed by atoms with Crippen LogP contribution in [0.2, 0.25) is 13.7 Å². The lowest BCUT2D eigenvalue weighted by molar-refractivity contribution is 0.0998. The van der Waals surface area contributed by atoms with Gasteiger partial charge in [-0.1, -0.05) is 46.1 Å². The van der Waals surface area contributed by atoms with Crippen molar-refractivity contribution in [3.05, 3.63) is 48.3 Å². The van der Waals surface area contributed by atoms with E-state index in [1.807, 2.05) is 29.0 Å². The van der Waals surface area contributed by atoms with Crippen LogP contribution in [0.3, 0.4) is 0 Å². The molecule has 0 saturated carbocycles. The van der Waals surface area contributed by atoms with E-state index in [1.54, 1.807) is 17.8 Å². The number of aromatic nitrogens is 1. The SMILES string of the molecule is CSCCn1c(=NC(=O)c2cc(Cl)sc2Cl)sc2cc(Cl)ccc21. The van der Waals surface area contributed by atoms with Gasteiger partial charge in [-0.25, -0.2) is 0 Å². The third-order valence-corrected chi connectivity index (χ3v) is 6.60. The summed E-state index contributed by atoms with van der Waals surface area (Å²) in [6, 6.07) is 7.23. The zero-order chi connectivity index (χ0) is 17.3. The van der Waals surface area contributed by atoms with Crippen molar-refractivity contribution >= 4 is 85.4 Å². The summed E-state index contributed by atoms with van der Waals surface area (Å²) < 4.78 is 3.85. The molecule has 3 aromatic rings. The summed E-state index contributed by atoms with van der Waals surface area (Å²) >= 11 is 22.4. The van der Waals surface area contributed by atoms with Crippen molar-refractivity contribution in [1.29, 1.82) is 0 Å². The number of carbonyl (C=O) groups excluding carboxylic acids is 1. The van der Waals surface area contributed by atoms with Gasteiger partial charge >= 0.3 is 0 Å². The van der Waals surface area contributed by atoms with E-state index in [1.165, 1.54) is 11.3 Å². The second-order valence-corrected chi connectivity index (χ2v) is 9.51. The first-order valence-corrected chi connectivity index (χ1v) is 11.0. The molecule has 0 fully saturated rings. The van der Waals surface area contributed by atoms with E-state index in [9.17, 15) is 4.79 Å². The Balaban J connectivity index is 2.13. The van der Waals surface area contributed by atoms with Crippen LogP contribution in [0.4, 0.5) is 0 Å². The van der Waals surface area contributed by atoms with Crippen molar-refractivity contribution in [2.45, 2.75) is 6.54 Å². The first-order chi connectivity index (χ1) is 11.5. The van der Waals surface area contributed by atoms with Gasteiger partial charge in [-0.3, -0.25) is 4.79 Å². The number of thiophene rings is 1. The molecule has 0 aliphatic rings. The van der Waals surface area contributed by atoms with E-state index < -0.39 is 5.91 Å². The molecule has 0 spiro atoms. The molecule has 24 heavy (non-hydrogen) atoms. The van der Waals surface area contributed by atoms with E-state index in [4.69, 9.17) is 34.8 Å². The van der Waals surface area contributed by atoms with Crippen molar-refractivity contribution < 1.29 is 4.79 Å². The maximum Gasteiger partial charge on any atom is 0.282 e. The monoisotopic (exact) mass is 436 g/mol. The lowest BCUT2D eigenvalue weighted by Gasteiger charge is -2.03. The van der Waals surface area contributed by atoms with E-state index in [0.717, 1.165) is 33.9 Å². The summed E-state index contributed by atoms with van der Waals surface area (Å²) in [5.74, 6) is 0.527. The molecule has 9 heteroatoms. The molecule has 3 nitrogen and oxygen atoms in total. The van der Waals surface area contributed by atoms with Crippen LogP contribution < -0.4 is 4.80 Å². The third-order valence-electron chi connectivity index (χ3n) is 3.25. The van der Waals surface area contributed by atoms with Crippen LogP contribution in [0.5, 0.6) is 0 Å². The summed E-state index contributed by atoms with van der Waals surface area (Å²) in [6.45, 7) is 0.757. The molecular formula is C15H11Cl3N2OS3. The Hall–Kier alpha value is -0.500. The average Bonchev–Trinajstić information content (AvgIpc) is 3.04. The molecule has 0 aliphatic carbocycles. The second kappa shape index (κ2) is 7.81. The van der Waals surface area contributed by atoms with Gasteiger partial charge in [-0.15, -0.1) is 11.3 Å². The van der Waals surface area contributed by atoms with Gasteiger partial charge in [0, 0.05) is 17.3 Å². The summed E-state index contributed by atoms with van der Waals surface area (Å²) in [5, 5.41) is 0.659. The topological polar surface area (TPSA) is 34.4 Å². The van der Waals surface area contributed by atoms with E-state index >= 15 is 0 Å². The van der Waals surface area contributed by atoms with Crippen molar-refractivity contribution in [2.75, 3.05) is 12.0 Å². The number of thiazole rings is 1.